The number of aromatic nitrogens is 2. The Hall–Kier alpha value is -1.85. The number of amides is 1. The molecule has 0 saturated heterocycles. The Morgan fingerprint density at radius 1 is 1.33 bits per heavy atom. The van der Waals surface area contributed by atoms with Gasteiger partial charge in [0.2, 0.25) is 0 Å². The number of hydrogen-bond donors (Lipinski definition) is 3. The zero-order valence-corrected chi connectivity index (χ0v) is 12.9. The topological polar surface area (TPSA) is 83.8 Å². The number of carbonyl (C=O) groups is 1. The standard InChI is InChI=1S/C15H20N4O.ClH/c1-2-3-4-13-9-14(19-18-13)17-15(20)12-7-5-11(10-16)6-8-12;/h5-9H,2-4,10,16H2,1H3,(H2,17,18,19,20);1H. The molecule has 0 aliphatic rings. The number of aromatic amines is 1. The molecule has 0 unspecified atom stereocenters. The quantitative estimate of drug-likeness (QED) is 0.767. The molecule has 2 aromatic rings. The van der Waals surface area contributed by atoms with Crippen LogP contribution in [0.25, 0.3) is 0 Å². The number of aryl methyl sites for hydroxylation is 1. The second-order valence-electron chi connectivity index (χ2n) is 4.74. The summed E-state index contributed by atoms with van der Waals surface area (Å²) in [7, 11) is 0. The summed E-state index contributed by atoms with van der Waals surface area (Å²) in [4.78, 5) is 12.0. The van der Waals surface area contributed by atoms with E-state index < -0.39 is 0 Å². The van der Waals surface area contributed by atoms with Gasteiger partial charge in [0.1, 0.15) is 0 Å². The Balaban J connectivity index is 0.00000220. The van der Waals surface area contributed by atoms with Gasteiger partial charge in [0, 0.05) is 23.9 Å². The van der Waals surface area contributed by atoms with Gasteiger partial charge in [-0.2, -0.15) is 5.10 Å². The van der Waals surface area contributed by atoms with Crippen molar-refractivity contribution in [1.29, 1.82) is 0 Å². The number of nitrogens with one attached hydrogen (secondary N) is 2. The third-order valence-electron chi connectivity index (χ3n) is 3.12. The van der Waals surface area contributed by atoms with Crippen LogP contribution in [0.1, 0.15) is 41.4 Å². The average Bonchev–Trinajstić information content (AvgIpc) is 2.92. The molecule has 0 radical (unpaired) electrons. The van der Waals surface area contributed by atoms with Gasteiger partial charge in [-0.1, -0.05) is 25.5 Å². The fraction of sp³-hybridized carbons (Fsp3) is 0.333. The highest BCUT2D eigenvalue weighted by molar-refractivity contribution is 6.03. The van der Waals surface area contributed by atoms with Crippen LogP contribution in [0.4, 0.5) is 5.82 Å². The molecule has 0 fully saturated rings. The van der Waals surface area contributed by atoms with E-state index >= 15 is 0 Å². The number of carbonyl (C=O) groups excluding carboxylic acids is 1. The van der Waals surface area contributed by atoms with E-state index in [2.05, 4.69) is 22.4 Å². The number of nitrogens with two attached hydrogens (primary N) is 1. The van der Waals surface area contributed by atoms with Crippen LogP contribution in [0.15, 0.2) is 30.3 Å². The van der Waals surface area contributed by atoms with Gasteiger partial charge in [-0.3, -0.25) is 9.89 Å². The number of nitrogens with zero attached hydrogens (tertiary/aromatic N) is 1. The lowest BCUT2D eigenvalue weighted by molar-refractivity contribution is 0.102. The third-order valence-corrected chi connectivity index (χ3v) is 3.12. The fourth-order valence-electron chi connectivity index (χ4n) is 1.90. The lowest BCUT2D eigenvalue weighted by atomic mass is 10.1. The van der Waals surface area contributed by atoms with Crippen LogP contribution in [0, 0.1) is 0 Å². The lowest BCUT2D eigenvalue weighted by Gasteiger charge is -2.02. The van der Waals surface area contributed by atoms with Crippen molar-refractivity contribution in [1.82, 2.24) is 10.2 Å². The highest BCUT2D eigenvalue weighted by Crippen LogP contribution is 2.11. The van der Waals surface area contributed by atoms with Gasteiger partial charge in [0.25, 0.3) is 5.91 Å². The Morgan fingerprint density at radius 2 is 2.05 bits per heavy atom. The van der Waals surface area contributed by atoms with Crippen LogP contribution in [0.3, 0.4) is 0 Å². The van der Waals surface area contributed by atoms with E-state index in [0.29, 0.717) is 17.9 Å². The summed E-state index contributed by atoms with van der Waals surface area (Å²) in [5.41, 5.74) is 8.17. The normalized spacial score (nSPS) is 10.0. The van der Waals surface area contributed by atoms with Crippen molar-refractivity contribution < 1.29 is 4.79 Å². The lowest BCUT2D eigenvalue weighted by Crippen LogP contribution is -2.12. The summed E-state index contributed by atoms with van der Waals surface area (Å²) >= 11 is 0. The zero-order valence-electron chi connectivity index (χ0n) is 12.1. The Bertz CT molecular complexity index is 565. The van der Waals surface area contributed by atoms with E-state index in [1.165, 1.54) is 0 Å². The van der Waals surface area contributed by atoms with E-state index in [1.54, 1.807) is 12.1 Å². The molecule has 114 valence electrons. The maximum absolute atomic E-state index is 12.0. The molecule has 6 heteroatoms. The second kappa shape index (κ2) is 8.44. The number of halogens is 1. The van der Waals surface area contributed by atoms with E-state index in [9.17, 15) is 4.79 Å². The molecular weight excluding hydrogens is 288 g/mol. The smallest absolute Gasteiger partial charge is 0.256 e. The van der Waals surface area contributed by atoms with Gasteiger partial charge in [0.15, 0.2) is 5.82 Å². The van der Waals surface area contributed by atoms with Gasteiger partial charge in [-0.05, 0) is 30.5 Å². The van der Waals surface area contributed by atoms with Crippen molar-refractivity contribution in [3.05, 3.63) is 47.2 Å². The number of hydrogen-bond acceptors (Lipinski definition) is 3. The molecule has 0 aliphatic heterocycles. The first-order valence-corrected chi connectivity index (χ1v) is 6.87. The molecule has 1 amide bonds. The van der Waals surface area contributed by atoms with Crippen molar-refractivity contribution in [3.63, 3.8) is 0 Å². The molecule has 0 spiro atoms. The molecule has 5 nitrogen and oxygen atoms in total. The molecule has 0 saturated carbocycles. The van der Waals surface area contributed by atoms with E-state index in [-0.39, 0.29) is 18.3 Å². The predicted molar refractivity (Wildman–Crippen MR) is 86.7 cm³/mol. The van der Waals surface area contributed by atoms with Crippen LogP contribution < -0.4 is 11.1 Å². The van der Waals surface area contributed by atoms with Crippen LogP contribution in [0.5, 0.6) is 0 Å². The monoisotopic (exact) mass is 308 g/mol. The highest BCUT2D eigenvalue weighted by atomic mass is 35.5. The minimum atomic E-state index is -0.165. The van der Waals surface area contributed by atoms with Crippen molar-refractivity contribution >= 4 is 24.1 Å². The van der Waals surface area contributed by atoms with Crippen LogP contribution in [0.2, 0.25) is 0 Å². The summed E-state index contributed by atoms with van der Waals surface area (Å²) in [5.74, 6) is 0.395. The minimum Gasteiger partial charge on any atom is -0.326 e. The summed E-state index contributed by atoms with van der Waals surface area (Å²) in [5, 5.41) is 9.81. The van der Waals surface area contributed by atoms with Gasteiger partial charge < -0.3 is 11.1 Å². The summed E-state index contributed by atoms with van der Waals surface area (Å²) in [6, 6.07) is 9.12. The minimum absolute atomic E-state index is 0. The van der Waals surface area contributed by atoms with Crippen molar-refractivity contribution in [2.45, 2.75) is 32.7 Å². The first-order chi connectivity index (χ1) is 9.72. The van der Waals surface area contributed by atoms with Gasteiger partial charge in [-0.25, -0.2) is 0 Å². The molecule has 21 heavy (non-hydrogen) atoms. The zero-order chi connectivity index (χ0) is 14.4. The first kappa shape index (κ1) is 17.2. The largest absolute Gasteiger partial charge is 0.326 e. The van der Waals surface area contributed by atoms with Crippen LogP contribution >= 0.6 is 12.4 Å². The van der Waals surface area contributed by atoms with Crippen molar-refractivity contribution in [2.75, 3.05) is 5.32 Å². The molecule has 1 heterocycles. The summed E-state index contributed by atoms with van der Waals surface area (Å²) < 4.78 is 0. The maximum atomic E-state index is 12.0. The van der Waals surface area contributed by atoms with E-state index in [4.69, 9.17) is 5.73 Å². The molecule has 0 atom stereocenters. The molecule has 1 aromatic heterocycles. The van der Waals surface area contributed by atoms with E-state index in [1.807, 2.05) is 18.2 Å². The number of H-pyrrole nitrogens is 1. The summed E-state index contributed by atoms with van der Waals surface area (Å²) in [6.07, 6.45) is 3.19. The van der Waals surface area contributed by atoms with Crippen molar-refractivity contribution in [2.24, 2.45) is 5.73 Å². The van der Waals surface area contributed by atoms with Crippen molar-refractivity contribution in [3.8, 4) is 0 Å². The first-order valence-electron chi connectivity index (χ1n) is 6.87. The molecule has 0 bridgehead atoms. The van der Waals surface area contributed by atoms with Gasteiger partial charge >= 0.3 is 0 Å². The second-order valence-corrected chi connectivity index (χ2v) is 4.74. The Labute approximate surface area is 130 Å². The van der Waals surface area contributed by atoms with E-state index in [0.717, 1.165) is 30.5 Å². The number of anilines is 1. The van der Waals surface area contributed by atoms with Crippen LogP contribution in [-0.4, -0.2) is 16.1 Å². The number of unbranched alkanes of at least 4 members (excludes halogenated alkanes) is 1. The Morgan fingerprint density at radius 3 is 2.67 bits per heavy atom. The maximum Gasteiger partial charge on any atom is 0.256 e. The highest BCUT2D eigenvalue weighted by Gasteiger charge is 2.08. The SMILES string of the molecule is CCCCc1cc(NC(=O)c2ccc(CN)cc2)n[nH]1.Cl. The average molecular weight is 309 g/mol. The predicted octanol–water partition coefficient (Wildman–Crippen LogP) is 2.89. The molecule has 1 aromatic carbocycles. The molecule has 4 N–H and O–H groups in total. The molecule has 2 rings (SSSR count). The van der Waals surface area contributed by atoms with Gasteiger partial charge in [-0.15, -0.1) is 12.4 Å². The number of benzene rings is 1. The van der Waals surface area contributed by atoms with Crippen LogP contribution in [-0.2, 0) is 13.0 Å². The fourth-order valence-corrected chi connectivity index (χ4v) is 1.90. The summed E-state index contributed by atoms with van der Waals surface area (Å²) in [6.45, 7) is 2.62. The number of rotatable bonds is 6. The van der Waals surface area contributed by atoms with Gasteiger partial charge in [0.05, 0.1) is 0 Å². The Kier molecular flexibility index (Phi) is 6.91. The molecular formula is C15H21ClN4O. The molecule has 0 aliphatic carbocycles. The third kappa shape index (κ3) is 4.88.